The standard InChI is InChI=1S/C90H171NO5/c1-3-5-7-9-11-13-15-17-19-21-22-23-24-42-45-48-51-54-58-62-66-70-74-78-82-88(93)87(86-92)91-89(94)83-79-75-71-67-63-59-55-52-49-46-43-40-38-36-34-32-30-28-26-25-27-29-31-33-35-37-39-41-44-47-50-53-57-61-65-69-73-77-81-85-96-90(95)84-80-76-72-68-64-60-56-20-18-16-14-12-10-8-6-4-2/h14,16,20,25-26,56,78,82,87-88,92-93H,3-13,15,17-19,21-24,27-55,57-77,79-81,83-86H2,1-2H3,(H,91,94)/b16-14-,26-25-,56-20-,82-78+. The molecule has 0 saturated heterocycles. The van der Waals surface area contributed by atoms with Crippen LogP contribution in [0.1, 0.15) is 489 Å². The van der Waals surface area contributed by atoms with Gasteiger partial charge < -0.3 is 20.3 Å². The maximum Gasteiger partial charge on any atom is 0.305 e. The van der Waals surface area contributed by atoms with Crippen LogP contribution in [0.5, 0.6) is 0 Å². The molecule has 0 fully saturated rings. The summed E-state index contributed by atoms with van der Waals surface area (Å²) in [6.07, 6.45) is 114. The van der Waals surface area contributed by atoms with Crippen LogP contribution < -0.4 is 5.32 Å². The third kappa shape index (κ3) is 80.8. The van der Waals surface area contributed by atoms with Crippen LogP contribution in [-0.4, -0.2) is 47.4 Å². The third-order valence-electron chi connectivity index (χ3n) is 20.6. The van der Waals surface area contributed by atoms with Gasteiger partial charge in [-0.25, -0.2) is 0 Å². The molecule has 0 spiro atoms. The fourth-order valence-electron chi connectivity index (χ4n) is 13.9. The van der Waals surface area contributed by atoms with E-state index in [0.29, 0.717) is 19.4 Å². The van der Waals surface area contributed by atoms with Crippen LogP contribution in [0.2, 0.25) is 0 Å². The molecule has 3 N–H and O–H groups in total. The Morgan fingerprint density at radius 3 is 0.812 bits per heavy atom. The molecule has 6 nitrogen and oxygen atoms in total. The minimum absolute atomic E-state index is 0.00943. The second kappa shape index (κ2) is 85.2. The van der Waals surface area contributed by atoms with E-state index in [1.807, 2.05) is 6.08 Å². The molecule has 0 bridgehead atoms. The van der Waals surface area contributed by atoms with Crippen molar-refractivity contribution in [3.63, 3.8) is 0 Å². The van der Waals surface area contributed by atoms with E-state index in [2.05, 4.69) is 55.6 Å². The number of carbonyl (C=O) groups is 2. The zero-order chi connectivity index (χ0) is 69.1. The van der Waals surface area contributed by atoms with Crippen molar-refractivity contribution in [3.8, 4) is 0 Å². The lowest BCUT2D eigenvalue weighted by atomic mass is 10.0. The van der Waals surface area contributed by atoms with Gasteiger partial charge in [0.25, 0.3) is 0 Å². The number of hydrogen-bond acceptors (Lipinski definition) is 5. The van der Waals surface area contributed by atoms with Crippen LogP contribution >= 0.6 is 0 Å². The molecule has 0 aromatic heterocycles. The molecule has 0 saturated carbocycles. The second-order valence-corrected chi connectivity index (χ2v) is 30.2. The van der Waals surface area contributed by atoms with Crippen LogP contribution in [-0.2, 0) is 14.3 Å². The number of esters is 1. The zero-order valence-electron chi connectivity index (χ0n) is 65.1. The van der Waals surface area contributed by atoms with Crippen molar-refractivity contribution in [2.24, 2.45) is 0 Å². The Kier molecular flexibility index (Phi) is 83.3. The number of aliphatic hydroxyl groups is 2. The molecule has 0 heterocycles. The lowest BCUT2D eigenvalue weighted by Gasteiger charge is -2.20. The molecule has 566 valence electrons. The molecule has 6 heteroatoms. The van der Waals surface area contributed by atoms with Gasteiger partial charge in [-0.3, -0.25) is 9.59 Å². The number of aliphatic hydroxyl groups excluding tert-OH is 2. The molecule has 2 atom stereocenters. The number of ether oxygens (including phenoxy) is 1. The van der Waals surface area contributed by atoms with Gasteiger partial charge in [0.05, 0.1) is 25.4 Å². The third-order valence-corrected chi connectivity index (χ3v) is 20.6. The van der Waals surface area contributed by atoms with Gasteiger partial charge in [0.2, 0.25) is 5.91 Å². The fourth-order valence-corrected chi connectivity index (χ4v) is 13.9. The van der Waals surface area contributed by atoms with E-state index >= 15 is 0 Å². The number of allylic oxidation sites excluding steroid dienone is 7. The molecular weight excluding hydrogens is 1170 g/mol. The Bertz CT molecular complexity index is 1600. The van der Waals surface area contributed by atoms with Gasteiger partial charge in [-0.1, -0.05) is 435 Å². The average Bonchev–Trinajstić information content (AvgIpc) is 2.37. The van der Waals surface area contributed by atoms with Gasteiger partial charge in [0.1, 0.15) is 0 Å². The van der Waals surface area contributed by atoms with E-state index < -0.39 is 12.1 Å². The van der Waals surface area contributed by atoms with E-state index in [-0.39, 0.29) is 18.5 Å². The molecule has 0 radical (unpaired) electrons. The van der Waals surface area contributed by atoms with Crippen LogP contribution in [0, 0.1) is 0 Å². The Labute approximate surface area is 601 Å². The van der Waals surface area contributed by atoms with Crippen molar-refractivity contribution >= 4 is 11.9 Å². The molecule has 0 aliphatic rings. The summed E-state index contributed by atoms with van der Waals surface area (Å²) in [6, 6.07) is -0.627. The first-order valence-electron chi connectivity index (χ1n) is 43.9. The SMILES string of the molecule is CCCCCC/C=C\C/C=C\CCCCCCCC(=O)OCCCCCCCCCCCCCCCCCCCC/C=C\CCCCCCCCCCCCCCCCCCCC(=O)NC(CO)C(O)/C=C/CCCCCCCCCCCCCCCCCCCCCCCC. The van der Waals surface area contributed by atoms with E-state index in [4.69, 9.17) is 4.74 Å². The van der Waals surface area contributed by atoms with Crippen LogP contribution in [0.15, 0.2) is 48.6 Å². The normalized spacial score (nSPS) is 12.7. The summed E-state index contributed by atoms with van der Waals surface area (Å²) in [6.45, 7) is 4.93. The van der Waals surface area contributed by atoms with Gasteiger partial charge >= 0.3 is 5.97 Å². The molecule has 0 rings (SSSR count). The van der Waals surface area contributed by atoms with Gasteiger partial charge in [-0.05, 0) is 89.9 Å². The monoisotopic (exact) mass is 1350 g/mol. The summed E-state index contributed by atoms with van der Waals surface area (Å²) in [7, 11) is 0. The van der Waals surface area contributed by atoms with Crippen molar-refractivity contribution < 1.29 is 24.5 Å². The summed E-state index contributed by atoms with van der Waals surface area (Å²) in [5, 5.41) is 23.3. The largest absolute Gasteiger partial charge is 0.466 e. The average molecular weight is 1350 g/mol. The molecule has 0 aromatic rings. The summed E-state index contributed by atoms with van der Waals surface area (Å²) in [4.78, 5) is 24.7. The van der Waals surface area contributed by atoms with Gasteiger partial charge in [-0.15, -0.1) is 0 Å². The fraction of sp³-hybridized carbons (Fsp3) is 0.889. The van der Waals surface area contributed by atoms with E-state index in [1.54, 1.807) is 6.08 Å². The molecule has 1 amide bonds. The van der Waals surface area contributed by atoms with E-state index in [9.17, 15) is 19.8 Å². The number of nitrogens with one attached hydrogen (secondary N) is 1. The van der Waals surface area contributed by atoms with Crippen molar-refractivity contribution in [3.05, 3.63) is 48.6 Å². The highest BCUT2D eigenvalue weighted by Crippen LogP contribution is 2.20. The second-order valence-electron chi connectivity index (χ2n) is 30.2. The van der Waals surface area contributed by atoms with E-state index in [0.717, 1.165) is 51.4 Å². The summed E-state index contributed by atoms with van der Waals surface area (Å²) >= 11 is 0. The summed E-state index contributed by atoms with van der Waals surface area (Å²) in [5.74, 6) is -0.0489. The van der Waals surface area contributed by atoms with Crippen molar-refractivity contribution in [1.29, 1.82) is 0 Å². The highest BCUT2D eigenvalue weighted by molar-refractivity contribution is 5.76. The minimum atomic E-state index is -0.844. The smallest absolute Gasteiger partial charge is 0.305 e. The maximum atomic E-state index is 12.6. The molecule has 2 unspecified atom stereocenters. The van der Waals surface area contributed by atoms with Crippen LogP contribution in [0.25, 0.3) is 0 Å². The Hall–Kier alpha value is -2.18. The first-order valence-corrected chi connectivity index (χ1v) is 43.9. The lowest BCUT2D eigenvalue weighted by Crippen LogP contribution is -2.45. The lowest BCUT2D eigenvalue weighted by molar-refractivity contribution is -0.143. The quantitative estimate of drug-likeness (QED) is 0.0320. The molecular formula is C90H171NO5. The minimum Gasteiger partial charge on any atom is -0.466 e. The first kappa shape index (κ1) is 93.8. The highest BCUT2D eigenvalue weighted by atomic mass is 16.5. The molecule has 0 aliphatic carbocycles. The predicted molar refractivity (Wildman–Crippen MR) is 426 cm³/mol. The molecule has 0 aromatic carbocycles. The van der Waals surface area contributed by atoms with Gasteiger partial charge in [-0.2, -0.15) is 0 Å². The van der Waals surface area contributed by atoms with Crippen molar-refractivity contribution in [2.75, 3.05) is 13.2 Å². The molecule has 0 aliphatic heterocycles. The van der Waals surface area contributed by atoms with Gasteiger partial charge in [0, 0.05) is 12.8 Å². The summed E-state index contributed by atoms with van der Waals surface area (Å²) in [5.41, 5.74) is 0. The van der Waals surface area contributed by atoms with Crippen LogP contribution in [0.4, 0.5) is 0 Å². The Balaban J connectivity index is 3.35. The van der Waals surface area contributed by atoms with Crippen molar-refractivity contribution in [2.45, 2.75) is 501 Å². The topological polar surface area (TPSA) is 95.9 Å². The Morgan fingerprint density at radius 2 is 0.521 bits per heavy atom. The van der Waals surface area contributed by atoms with Crippen molar-refractivity contribution in [1.82, 2.24) is 5.32 Å². The maximum absolute atomic E-state index is 12.6. The van der Waals surface area contributed by atoms with Gasteiger partial charge in [0.15, 0.2) is 0 Å². The number of carbonyl (C=O) groups excluding carboxylic acids is 2. The predicted octanol–water partition coefficient (Wildman–Crippen LogP) is 29.5. The number of hydrogen-bond donors (Lipinski definition) is 3. The summed E-state index contributed by atoms with van der Waals surface area (Å²) < 4.78 is 5.50. The molecule has 96 heavy (non-hydrogen) atoms. The number of rotatable bonds is 83. The number of unbranched alkanes of at least 4 members (excludes halogenated alkanes) is 66. The first-order chi connectivity index (χ1) is 47.5. The number of amides is 1. The van der Waals surface area contributed by atoms with Crippen LogP contribution in [0.3, 0.4) is 0 Å². The Morgan fingerprint density at radius 1 is 0.292 bits per heavy atom. The highest BCUT2D eigenvalue weighted by Gasteiger charge is 2.18. The van der Waals surface area contributed by atoms with E-state index in [1.165, 1.54) is 411 Å². The zero-order valence-corrected chi connectivity index (χ0v) is 65.1.